The Morgan fingerprint density at radius 3 is 1.13 bits per heavy atom. The molecule has 0 aliphatic carbocycles. The number of aryl methyl sites for hydroxylation is 6. The monoisotopic (exact) mass is 602 g/mol. The van der Waals surface area contributed by atoms with Crippen LogP contribution in [-0.2, 0) is 0 Å². The molecule has 7 rings (SSSR count). The molecule has 0 N–H and O–H groups in total. The smallest absolute Gasteiger partial charge is 0.0475 e. The van der Waals surface area contributed by atoms with E-state index in [1.165, 1.54) is 91.2 Å². The van der Waals surface area contributed by atoms with Crippen molar-refractivity contribution in [2.45, 2.75) is 41.5 Å². The van der Waals surface area contributed by atoms with Crippen molar-refractivity contribution in [1.29, 1.82) is 0 Å². The Kier molecular flexibility index (Phi) is 6.08. The minimum atomic E-state index is 1.36. The maximum Gasteiger partial charge on any atom is 0.0475 e. The zero-order valence-electron chi connectivity index (χ0n) is 22.1. The molecule has 38 heavy (non-hydrogen) atoms. The van der Waals surface area contributed by atoms with Crippen molar-refractivity contribution in [3.05, 3.63) is 79.2 Å². The van der Waals surface area contributed by atoms with Crippen LogP contribution in [0.4, 0.5) is 0 Å². The zero-order valence-corrected chi connectivity index (χ0v) is 27.0. The summed E-state index contributed by atoms with van der Waals surface area (Å²) in [5.41, 5.74) is 5.60. The molecule has 0 bridgehead atoms. The van der Waals surface area contributed by atoms with E-state index in [0.29, 0.717) is 0 Å². The second-order valence-corrected chi connectivity index (χ2v) is 17.2. The van der Waals surface area contributed by atoms with E-state index in [4.69, 9.17) is 0 Å². The number of hydrogen-bond donors (Lipinski definition) is 0. The second kappa shape index (κ2) is 9.26. The standard InChI is InChI=1S/C32H26S6/c1-15-11-19(5)35-29(15)25-13-21-27(23-9-7-17(3)33-23)32-22(14-26(38-32)30-16(2)12-20(6)36-30)28(31(21)37-25)24-10-8-18(4)34-24/h7-14H,1-6H3. The molecule has 0 saturated carbocycles. The third kappa shape index (κ3) is 4.00. The van der Waals surface area contributed by atoms with Gasteiger partial charge in [-0.05, 0) is 101 Å². The highest BCUT2D eigenvalue weighted by Gasteiger charge is 2.25. The van der Waals surface area contributed by atoms with Crippen LogP contribution in [0.1, 0.15) is 30.6 Å². The lowest BCUT2D eigenvalue weighted by atomic mass is 9.99. The Hall–Kier alpha value is -2.06. The number of benzene rings is 1. The van der Waals surface area contributed by atoms with Crippen LogP contribution in [-0.4, -0.2) is 0 Å². The topological polar surface area (TPSA) is 0 Å². The van der Waals surface area contributed by atoms with Crippen LogP contribution in [0.25, 0.3) is 60.6 Å². The van der Waals surface area contributed by atoms with Gasteiger partial charge in [-0.15, -0.1) is 68.0 Å². The van der Waals surface area contributed by atoms with Gasteiger partial charge in [0.15, 0.2) is 0 Å². The van der Waals surface area contributed by atoms with Crippen molar-refractivity contribution in [1.82, 2.24) is 0 Å². The number of hydrogen-bond acceptors (Lipinski definition) is 6. The van der Waals surface area contributed by atoms with E-state index in [9.17, 15) is 0 Å². The second-order valence-electron chi connectivity index (χ2n) is 10.0. The number of fused-ring (bicyclic) bond motifs is 2. The van der Waals surface area contributed by atoms with Gasteiger partial charge in [0.05, 0.1) is 0 Å². The molecular formula is C32H26S6. The lowest BCUT2D eigenvalue weighted by Gasteiger charge is -2.09. The highest BCUT2D eigenvalue weighted by atomic mass is 32.1. The maximum atomic E-state index is 2.49. The van der Waals surface area contributed by atoms with Gasteiger partial charge in [0.2, 0.25) is 0 Å². The quantitative estimate of drug-likeness (QED) is 0.188. The Balaban J connectivity index is 1.64. The summed E-state index contributed by atoms with van der Waals surface area (Å²) < 4.78 is 2.84. The van der Waals surface area contributed by atoms with Gasteiger partial charge in [-0.1, -0.05) is 0 Å². The summed E-state index contributed by atoms with van der Waals surface area (Å²) in [7, 11) is 0. The summed E-state index contributed by atoms with van der Waals surface area (Å²) in [6.45, 7) is 13.4. The van der Waals surface area contributed by atoms with Gasteiger partial charge in [-0.2, -0.15) is 0 Å². The molecule has 7 aromatic rings. The van der Waals surface area contributed by atoms with E-state index in [1.807, 2.05) is 68.0 Å². The zero-order chi connectivity index (χ0) is 26.3. The van der Waals surface area contributed by atoms with Crippen molar-refractivity contribution < 1.29 is 0 Å². The minimum absolute atomic E-state index is 1.36. The molecule has 6 aromatic heterocycles. The first-order valence-corrected chi connectivity index (χ1v) is 17.5. The fourth-order valence-electron chi connectivity index (χ4n) is 5.39. The minimum Gasteiger partial charge on any atom is -0.141 e. The van der Waals surface area contributed by atoms with Crippen LogP contribution in [0, 0.1) is 41.5 Å². The highest BCUT2D eigenvalue weighted by Crippen LogP contribution is 2.55. The fraction of sp³-hybridized carbons (Fsp3) is 0.188. The summed E-state index contributed by atoms with van der Waals surface area (Å²) in [5.74, 6) is 0. The molecular weight excluding hydrogens is 577 g/mol. The predicted octanol–water partition coefficient (Wildman–Crippen LogP) is 12.9. The molecule has 0 spiro atoms. The largest absolute Gasteiger partial charge is 0.141 e. The predicted molar refractivity (Wildman–Crippen MR) is 179 cm³/mol. The molecule has 0 unspecified atom stereocenters. The summed E-state index contributed by atoms with van der Waals surface area (Å²) >= 11 is 11.6. The van der Waals surface area contributed by atoms with Crippen molar-refractivity contribution in [3.63, 3.8) is 0 Å². The van der Waals surface area contributed by atoms with Gasteiger partial charge in [0, 0.05) is 80.1 Å². The van der Waals surface area contributed by atoms with Gasteiger partial charge in [-0.3, -0.25) is 0 Å². The Bertz CT molecular complexity index is 1790. The van der Waals surface area contributed by atoms with Crippen LogP contribution < -0.4 is 0 Å². The Morgan fingerprint density at radius 1 is 0.395 bits per heavy atom. The van der Waals surface area contributed by atoms with Gasteiger partial charge in [0.25, 0.3) is 0 Å². The van der Waals surface area contributed by atoms with Crippen LogP contribution in [0.15, 0.2) is 48.5 Å². The molecule has 0 aliphatic heterocycles. The van der Waals surface area contributed by atoms with E-state index in [-0.39, 0.29) is 0 Å². The molecule has 1 aromatic carbocycles. The molecule has 0 radical (unpaired) electrons. The first-order valence-electron chi connectivity index (χ1n) is 12.6. The van der Waals surface area contributed by atoms with Gasteiger partial charge in [0.1, 0.15) is 0 Å². The van der Waals surface area contributed by atoms with Crippen LogP contribution in [0.5, 0.6) is 0 Å². The molecule has 0 aliphatic rings. The first kappa shape index (κ1) is 24.9. The van der Waals surface area contributed by atoms with E-state index in [2.05, 4.69) is 90.1 Å². The lowest BCUT2D eigenvalue weighted by molar-refractivity contribution is 1.51. The van der Waals surface area contributed by atoms with Crippen LogP contribution in [0.2, 0.25) is 0 Å². The Labute approximate surface area is 247 Å². The highest BCUT2D eigenvalue weighted by molar-refractivity contribution is 7.29. The molecule has 0 saturated heterocycles. The summed E-state index contributed by atoms with van der Waals surface area (Å²) in [6.07, 6.45) is 0. The van der Waals surface area contributed by atoms with Crippen LogP contribution >= 0.6 is 68.0 Å². The summed E-state index contributed by atoms with van der Waals surface area (Å²) in [4.78, 5) is 13.9. The normalized spacial score (nSPS) is 11.9. The molecule has 0 nitrogen and oxygen atoms in total. The maximum absolute atomic E-state index is 2.49. The summed E-state index contributed by atoms with van der Waals surface area (Å²) in [5, 5.41) is 2.80. The van der Waals surface area contributed by atoms with E-state index < -0.39 is 0 Å². The summed E-state index contributed by atoms with van der Waals surface area (Å²) in [6, 6.07) is 18.9. The third-order valence-corrected chi connectivity index (χ3v) is 14.0. The van der Waals surface area contributed by atoms with E-state index in [0.717, 1.165) is 0 Å². The van der Waals surface area contributed by atoms with Crippen LogP contribution in [0.3, 0.4) is 0 Å². The van der Waals surface area contributed by atoms with E-state index >= 15 is 0 Å². The average Bonchev–Trinajstić information content (AvgIpc) is 3.68. The lowest BCUT2D eigenvalue weighted by Crippen LogP contribution is -1.81. The molecule has 0 amide bonds. The number of thiophene rings is 6. The SMILES string of the molecule is Cc1ccc(-c2c3cc(-c4sc(C)cc4C)sc3c(-c3ccc(C)s3)c3cc(-c4sc(C)cc4C)sc23)s1. The molecule has 6 heterocycles. The van der Waals surface area contributed by atoms with Gasteiger partial charge < -0.3 is 0 Å². The van der Waals surface area contributed by atoms with Gasteiger partial charge in [-0.25, -0.2) is 0 Å². The number of rotatable bonds is 4. The molecule has 0 fully saturated rings. The molecule has 190 valence electrons. The molecule has 0 atom stereocenters. The van der Waals surface area contributed by atoms with Crippen molar-refractivity contribution >= 4 is 88.2 Å². The van der Waals surface area contributed by atoms with Crippen molar-refractivity contribution in [2.75, 3.05) is 0 Å². The van der Waals surface area contributed by atoms with Crippen molar-refractivity contribution in [2.24, 2.45) is 0 Å². The average molecular weight is 603 g/mol. The Morgan fingerprint density at radius 2 is 0.816 bits per heavy atom. The fourth-order valence-corrected chi connectivity index (χ4v) is 12.2. The molecule has 6 heteroatoms. The van der Waals surface area contributed by atoms with Gasteiger partial charge >= 0.3 is 0 Å². The van der Waals surface area contributed by atoms with E-state index in [1.54, 1.807) is 0 Å². The first-order chi connectivity index (χ1) is 18.3. The third-order valence-electron chi connectivity index (χ3n) is 6.96. The van der Waals surface area contributed by atoms with Crippen molar-refractivity contribution in [3.8, 4) is 40.4 Å².